The highest BCUT2D eigenvalue weighted by Gasteiger charge is 2.22. The smallest absolute Gasteiger partial charge is 0.236 e. The van der Waals surface area contributed by atoms with Crippen molar-refractivity contribution in [3.63, 3.8) is 0 Å². The number of aromatic nitrogens is 1. The van der Waals surface area contributed by atoms with E-state index in [1.165, 1.54) is 12.1 Å². The summed E-state index contributed by atoms with van der Waals surface area (Å²) >= 11 is 0. The zero-order chi connectivity index (χ0) is 18.5. The van der Waals surface area contributed by atoms with Gasteiger partial charge in [0.25, 0.3) is 0 Å². The number of likely N-dealkylation sites (N-methyl/N-ethyl adjacent to an activating group) is 1. The van der Waals surface area contributed by atoms with Crippen LogP contribution in [0.5, 0.6) is 0 Å². The maximum atomic E-state index is 13.0. The number of aryl methyl sites for hydroxylation is 1. The summed E-state index contributed by atoms with van der Waals surface area (Å²) in [5.41, 5.74) is 1.93. The van der Waals surface area contributed by atoms with Crippen molar-refractivity contribution in [2.75, 3.05) is 39.8 Å². The van der Waals surface area contributed by atoms with Crippen LogP contribution in [0, 0.1) is 12.7 Å². The second kappa shape index (κ2) is 8.42. The Bertz CT molecular complexity index is 723. The van der Waals surface area contributed by atoms with Gasteiger partial charge in [0.2, 0.25) is 5.91 Å². The number of piperazine rings is 1. The molecule has 0 aliphatic carbocycles. The number of amides is 1. The van der Waals surface area contributed by atoms with Crippen LogP contribution in [-0.2, 0) is 17.9 Å². The number of carbonyl (C=O) groups is 1. The average molecular weight is 360 g/mol. The van der Waals surface area contributed by atoms with Gasteiger partial charge in [-0.3, -0.25) is 14.6 Å². The Morgan fingerprint density at radius 1 is 1.23 bits per heavy atom. The van der Waals surface area contributed by atoms with E-state index >= 15 is 0 Å². The molecule has 2 heterocycles. The molecule has 140 valence electrons. The standard InChI is InChI=1S/C19H25FN4O2/c1-15-11-18(21-26-15)13-23-7-9-24(10-8-23)19(25)14-22(2)12-16-3-5-17(20)6-4-16/h3-6,11H,7-10,12-14H2,1-2H3. The van der Waals surface area contributed by atoms with Gasteiger partial charge in [0.1, 0.15) is 11.6 Å². The first kappa shape index (κ1) is 18.5. The van der Waals surface area contributed by atoms with Gasteiger partial charge < -0.3 is 9.42 Å². The Morgan fingerprint density at radius 3 is 2.54 bits per heavy atom. The molecule has 1 fully saturated rings. The van der Waals surface area contributed by atoms with Gasteiger partial charge in [-0.2, -0.15) is 0 Å². The minimum absolute atomic E-state index is 0.131. The first-order valence-electron chi connectivity index (χ1n) is 8.85. The van der Waals surface area contributed by atoms with Gasteiger partial charge in [-0.25, -0.2) is 4.39 Å². The molecular formula is C19H25FN4O2. The highest BCUT2D eigenvalue weighted by molar-refractivity contribution is 5.78. The molecule has 6 nitrogen and oxygen atoms in total. The van der Waals surface area contributed by atoms with E-state index in [4.69, 9.17) is 4.52 Å². The molecule has 3 rings (SSSR count). The zero-order valence-corrected chi connectivity index (χ0v) is 15.3. The van der Waals surface area contributed by atoms with Crippen LogP contribution in [0.3, 0.4) is 0 Å². The fraction of sp³-hybridized carbons (Fsp3) is 0.474. The summed E-state index contributed by atoms with van der Waals surface area (Å²) in [6.45, 7) is 6.73. The van der Waals surface area contributed by atoms with E-state index in [1.54, 1.807) is 12.1 Å². The molecule has 1 aromatic carbocycles. The molecule has 1 aromatic heterocycles. The minimum Gasteiger partial charge on any atom is -0.361 e. The number of hydrogen-bond acceptors (Lipinski definition) is 5. The molecule has 0 saturated carbocycles. The number of nitrogens with zero attached hydrogens (tertiary/aromatic N) is 4. The van der Waals surface area contributed by atoms with Crippen molar-refractivity contribution in [1.29, 1.82) is 0 Å². The van der Waals surface area contributed by atoms with Gasteiger partial charge in [0.15, 0.2) is 0 Å². The predicted octanol–water partition coefficient (Wildman–Crippen LogP) is 1.90. The van der Waals surface area contributed by atoms with E-state index < -0.39 is 0 Å². The van der Waals surface area contributed by atoms with E-state index in [0.29, 0.717) is 13.1 Å². The lowest BCUT2D eigenvalue weighted by molar-refractivity contribution is -0.134. The molecule has 0 spiro atoms. The molecule has 0 atom stereocenters. The third-order valence-electron chi connectivity index (χ3n) is 4.56. The highest BCUT2D eigenvalue weighted by Crippen LogP contribution is 2.10. The molecule has 1 saturated heterocycles. The summed E-state index contributed by atoms with van der Waals surface area (Å²) in [6, 6.07) is 8.34. The van der Waals surface area contributed by atoms with Gasteiger partial charge in [0.05, 0.1) is 12.2 Å². The van der Waals surface area contributed by atoms with Gasteiger partial charge >= 0.3 is 0 Å². The average Bonchev–Trinajstić information content (AvgIpc) is 3.02. The molecule has 7 heteroatoms. The van der Waals surface area contributed by atoms with Crippen molar-refractivity contribution >= 4 is 5.91 Å². The molecular weight excluding hydrogens is 335 g/mol. The van der Waals surface area contributed by atoms with E-state index in [-0.39, 0.29) is 11.7 Å². The van der Waals surface area contributed by atoms with Crippen LogP contribution in [-0.4, -0.2) is 65.5 Å². The molecule has 0 unspecified atom stereocenters. The molecule has 2 aromatic rings. The van der Waals surface area contributed by atoms with Crippen LogP contribution in [0.4, 0.5) is 4.39 Å². The zero-order valence-electron chi connectivity index (χ0n) is 15.3. The van der Waals surface area contributed by atoms with Crippen LogP contribution in [0.15, 0.2) is 34.9 Å². The van der Waals surface area contributed by atoms with Crippen molar-refractivity contribution < 1.29 is 13.7 Å². The second-order valence-electron chi connectivity index (χ2n) is 6.88. The van der Waals surface area contributed by atoms with Crippen LogP contribution in [0.25, 0.3) is 0 Å². The Kier molecular flexibility index (Phi) is 6.00. The van der Waals surface area contributed by atoms with Crippen molar-refractivity contribution in [3.05, 3.63) is 53.2 Å². The number of halogens is 1. The molecule has 0 bridgehead atoms. The molecule has 0 N–H and O–H groups in total. The monoisotopic (exact) mass is 360 g/mol. The quantitative estimate of drug-likeness (QED) is 0.788. The fourth-order valence-corrected chi connectivity index (χ4v) is 3.17. The first-order chi connectivity index (χ1) is 12.5. The van der Waals surface area contributed by atoms with Gasteiger partial charge in [-0.1, -0.05) is 17.3 Å². The molecule has 1 aliphatic rings. The third kappa shape index (κ3) is 5.12. The lowest BCUT2D eigenvalue weighted by atomic mass is 10.2. The van der Waals surface area contributed by atoms with Crippen molar-refractivity contribution in [1.82, 2.24) is 19.9 Å². The summed E-state index contributed by atoms with van der Waals surface area (Å²) in [5.74, 6) is 0.704. The highest BCUT2D eigenvalue weighted by atomic mass is 19.1. The van der Waals surface area contributed by atoms with Crippen molar-refractivity contribution in [2.45, 2.75) is 20.0 Å². The number of carbonyl (C=O) groups excluding carboxylic acids is 1. The fourth-order valence-electron chi connectivity index (χ4n) is 3.17. The number of benzene rings is 1. The van der Waals surface area contributed by atoms with E-state index in [9.17, 15) is 9.18 Å². The molecule has 1 aliphatic heterocycles. The summed E-state index contributed by atoms with van der Waals surface area (Å²) in [6.07, 6.45) is 0. The van der Waals surface area contributed by atoms with E-state index in [2.05, 4.69) is 10.1 Å². The van der Waals surface area contributed by atoms with Crippen LogP contribution in [0.1, 0.15) is 17.0 Å². The van der Waals surface area contributed by atoms with Crippen LogP contribution < -0.4 is 0 Å². The largest absolute Gasteiger partial charge is 0.361 e. The maximum absolute atomic E-state index is 13.0. The Labute approximate surface area is 153 Å². The molecule has 0 radical (unpaired) electrons. The lowest BCUT2D eigenvalue weighted by Crippen LogP contribution is -2.50. The second-order valence-corrected chi connectivity index (χ2v) is 6.88. The Balaban J connectivity index is 1.42. The Hall–Kier alpha value is -2.25. The topological polar surface area (TPSA) is 52.8 Å². The van der Waals surface area contributed by atoms with E-state index in [0.717, 1.165) is 49.7 Å². The van der Waals surface area contributed by atoms with E-state index in [1.807, 2.05) is 29.8 Å². The molecule has 1 amide bonds. The number of rotatable bonds is 6. The van der Waals surface area contributed by atoms with Gasteiger partial charge in [-0.15, -0.1) is 0 Å². The predicted molar refractivity (Wildman–Crippen MR) is 95.8 cm³/mol. The normalized spacial score (nSPS) is 15.6. The van der Waals surface area contributed by atoms with Crippen LogP contribution >= 0.6 is 0 Å². The van der Waals surface area contributed by atoms with Crippen LogP contribution in [0.2, 0.25) is 0 Å². The Morgan fingerprint density at radius 2 is 1.92 bits per heavy atom. The summed E-state index contributed by atoms with van der Waals surface area (Å²) in [7, 11) is 1.91. The first-order valence-corrected chi connectivity index (χ1v) is 8.85. The van der Waals surface area contributed by atoms with Gasteiger partial charge in [-0.05, 0) is 31.7 Å². The van der Waals surface area contributed by atoms with Crippen molar-refractivity contribution in [3.8, 4) is 0 Å². The number of hydrogen-bond donors (Lipinski definition) is 0. The lowest BCUT2D eigenvalue weighted by Gasteiger charge is -2.35. The third-order valence-corrected chi connectivity index (χ3v) is 4.56. The molecule has 26 heavy (non-hydrogen) atoms. The summed E-state index contributed by atoms with van der Waals surface area (Å²) < 4.78 is 18.1. The maximum Gasteiger partial charge on any atom is 0.236 e. The SMILES string of the molecule is Cc1cc(CN2CCN(C(=O)CN(C)Cc3ccc(F)cc3)CC2)no1. The van der Waals surface area contributed by atoms with Gasteiger partial charge in [0, 0.05) is 45.3 Å². The summed E-state index contributed by atoms with van der Waals surface area (Å²) in [4.78, 5) is 18.6. The van der Waals surface area contributed by atoms with Crippen molar-refractivity contribution in [2.24, 2.45) is 0 Å². The minimum atomic E-state index is -0.244. The summed E-state index contributed by atoms with van der Waals surface area (Å²) in [5, 5.41) is 4.02.